The van der Waals surface area contributed by atoms with Crippen LogP contribution in [0.25, 0.3) is 0 Å². The van der Waals surface area contributed by atoms with Gasteiger partial charge >= 0.3 is 0 Å². The predicted octanol–water partition coefficient (Wildman–Crippen LogP) is 2.68. The number of benzene rings is 1. The van der Waals surface area contributed by atoms with Gasteiger partial charge in [0.05, 0.1) is 18.7 Å². The summed E-state index contributed by atoms with van der Waals surface area (Å²) in [6, 6.07) is 3.59. The lowest BCUT2D eigenvalue weighted by Gasteiger charge is -2.38. The number of hydrogen-bond donors (Lipinski definition) is 0. The monoisotopic (exact) mass is 293 g/mol. The number of rotatable bonds is 1. The van der Waals surface area contributed by atoms with Crippen LogP contribution in [0.1, 0.15) is 10.4 Å². The van der Waals surface area contributed by atoms with E-state index in [1.807, 2.05) is 0 Å². The van der Waals surface area contributed by atoms with Crippen LogP contribution >= 0.6 is 15.9 Å². The van der Waals surface area contributed by atoms with Crippen molar-refractivity contribution < 1.29 is 18.0 Å². The van der Waals surface area contributed by atoms with E-state index < -0.39 is 30.7 Å². The summed E-state index contributed by atoms with van der Waals surface area (Å²) in [7, 11) is 0. The minimum absolute atomic E-state index is 0.0653. The number of carbonyl (C=O) groups excluding carboxylic acids is 1. The summed E-state index contributed by atoms with van der Waals surface area (Å²) in [5, 5.41) is 0. The molecule has 1 aromatic carbocycles. The topological polar surface area (TPSA) is 20.3 Å². The highest BCUT2D eigenvalue weighted by atomic mass is 79.9. The molecule has 1 heterocycles. The van der Waals surface area contributed by atoms with Gasteiger partial charge in [0.1, 0.15) is 5.82 Å². The zero-order valence-corrected chi connectivity index (χ0v) is 9.60. The Labute approximate surface area is 98.2 Å². The van der Waals surface area contributed by atoms with Crippen molar-refractivity contribution in [3.63, 3.8) is 0 Å². The lowest BCUT2D eigenvalue weighted by atomic mass is 10.1. The van der Waals surface area contributed by atoms with E-state index in [2.05, 4.69) is 15.9 Å². The van der Waals surface area contributed by atoms with Gasteiger partial charge in [-0.05, 0) is 34.1 Å². The van der Waals surface area contributed by atoms with Crippen LogP contribution in [0.15, 0.2) is 22.7 Å². The third-order valence-corrected chi connectivity index (χ3v) is 2.98. The fourth-order valence-corrected chi connectivity index (χ4v) is 1.90. The van der Waals surface area contributed by atoms with Gasteiger partial charge in [-0.2, -0.15) is 0 Å². The number of halogens is 4. The van der Waals surface area contributed by atoms with Crippen LogP contribution in [-0.4, -0.2) is 29.8 Å². The lowest BCUT2D eigenvalue weighted by molar-refractivity contribution is -0.113. The molecule has 0 aliphatic carbocycles. The molecule has 2 rings (SSSR count). The number of amides is 1. The van der Waals surface area contributed by atoms with Crippen molar-refractivity contribution in [2.24, 2.45) is 0 Å². The van der Waals surface area contributed by atoms with Crippen molar-refractivity contribution in [1.29, 1.82) is 0 Å². The maximum atomic E-state index is 12.9. The van der Waals surface area contributed by atoms with E-state index in [9.17, 15) is 18.0 Å². The third kappa shape index (κ3) is 2.07. The van der Waals surface area contributed by atoms with Crippen molar-refractivity contribution in [2.75, 3.05) is 13.1 Å². The minimum Gasteiger partial charge on any atom is -0.326 e. The molecule has 1 aromatic rings. The molecule has 6 heteroatoms. The standard InChI is InChI=1S/C10H7BrF3NO/c11-8-2-1-6(12)3-7(8)9(16)15-4-10(13,14)5-15/h1-3H,4-5H2. The molecule has 0 saturated carbocycles. The SMILES string of the molecule is O=C(c1cc(F)ccc1Br)N1CC(F)(F)C1. The van der Waals surface area contributed by atoms with Crippen molar-refractivity contribution in [3.8, 4) is 0 Å². The van der Waals surface area contributed by atoms with E-state index in [1.165, 1.54) is 12.1 Å². The minimum atomic E-state index is -2.81. The molecule has 1 amide bonds. The van der Waals surface area contributed by atoms with Gasteiger partial charge in [-0.1, -0.05) is 0 Å². The first kappa shape index (κ1) is 11.4. The molecular weight excluding hydrogens is 287 g/mol. The first-order chi connectivity index (χ1) is 7.39. The first-order valence-electron chi connectivity index (χ1n) is 4.51. The number of carbonyl (C=O) groups is 1. The molecule has 1 aliphatic heterocycles. The zero-order chi connectivity index (χ0) is 11.9. The molecule has 1 aliphatic rings. The second-order valence-electron chi connectivity index (χ2n) is 3.64. The van der Waals surface area contributed by atoms with Gasteiger partial charge < -0.3 is 4.90 Å². The summed E-state index contributed by atoms with van der Waals surface area (Å²) in [6.07, 6.45) is 0. The quantitative estimate of drug-likeness (QED) is 0.780. The summed E-state index contributed by atoms with van der Waals surface area (Å²) < 4.78 is 38.4. The Morgan fingerprint density at radius 2 is 2.00 bits per heavy atom. The van der Waals surface area contributed by atoms with Crippen LogP contribution in [-0.2, 0) is 0 Å². The zero-order valence-electron chi connectivity index (χ0n) is 8.01. The van der Waals surface area contributed by atoms with Crippen molar-refractivity contribution >= 4 is 21.8 Å². The fraction of sp³-hybridized carbons (Fsp3) is 0.300. The van der Waals surface area contributed by atoms with Crippen LogP contribution in [0.5, 0.6) is 0 Å². The normalized spacial score (nSPS) is 18.1. The molecule has 0 radical (unpaired) electrons. The largest absolute Gasteiger partial charge is 0.326 e. The molecule has 0 atom stereocenters. The van der Waals surface area contributed by atoms with E-state index >= 15 is 0 Å². The van der Waals surface area contributed by atoms with Gasteiger partial charge in [0.2, 0.25) is 0 Å². The number of alkyl halides is 2. The number of hydrogen-bond acceptors (Lipinski definition) is 1. The summed E-state index contributed by atoms with van der Waals surface area (Å²) in [5.74, 6) is -3.97. The van der Waals surface area contributed by atoms with E-state index in [0.717, 1.165) is 11.0 Å². The molecule has 86 valence electrons. The molecule has 0 bridgehead atoms. The Bertz CT molecular complexity index is 442. The van der Waals surface area contributed by atoms with Crippen LogP contribution in [0, 0.1) is 5.82 Å². The highest BCUT2D eigenvalue weighted by Gasteiger charge is 2.46. The van der Waals surface area contributed by atoms with E-state index in [4.69, 9.17) is 0 Å². The van der Waals surface area contributed by atoms with Crippen molar-refractivity contribution in [2.45, 2.75) is 5.92 Å². The van der Waals surface area contributed by atoms with Crippen LogP contribution in [0.2, 0.25) is 0 Å². The first-order valence-corrected chi connectivity index (χ1v) is 5.30. The summed E-state index contributed by atoms with van der Waals surface area (Å²) in [5.41, 5.74) is 0.0653. The molecular formula is C10H7BrF3NO. The lowest BCUT2D eigenvalue weighted by Crippen LogP contribution is -2.58. The maximum Gasteiger partial charge on any atom is 0.282 e. The molecule has 0 N–H and O–H groups in total. The van der Waals surface area contributed by atoms with Crippen molar-refractivity contribution in [1.82, 2.24) is 4.90 Å². The van der Waals surface area contributed by atoms with Crippen LogP contribution in [0.4, 0.5) is 13.2 Å². The summed E-state index contributed by atoms with van der Waals surface area (Å²) >= 11 is 3.08. The van der Waals surface area contributed by atoms with Gasteiger partial charge in [-0.3, -0.25) is 4.79 Å². The van der Waals surface area contributed by atoms with Gasteiger partial charge in [0.25, 0.3) is 11.8 Å². The second kappa shape index (κ2) is 3.76. The van der Waals surface area contributed by atoms with Gasteiger partial charge in [0, 0.05) is 4.47 Å². The Kier molecular flexibility index (Phi) is 2.69. The molecule has 1 saturated heterocycles. The summed E-state index contributed by atoms with van der Waals surface area (Å²) in [6.45, 7) is -1.20. The van der Waals surface area contributed by atoms with Crippen LogP contribution < -0.4 is 0 Å². The Morgan fingerprint density at radius 3 is 2.56 bits per heavy atom. The fourth-order valence-electron chi connectivity index (χ4n) is 1.49. The molecule has 0 unspecified atom stereocenters. The number of likely N-dealkylation sites (tertiary alicyclic amines) is 1. The molecule has 16 heavy (non-hydrogen) atoms. The van der Waals surface area contributed by atoms with Crippen LogP contribution in [0.3, 0.4) is 0 Å². The molecule has 0 spiro atoms. The molecule has 1 fully saturated rings. The maximum absolute atomic E-state index is 12.9. The number of nitrogens with zero attached hydrogens (tertiary/aromatic N) is 1. The third-order valence-electron chi connectivity index (χ3n) is 2.29. The predicted molar refractivity (Wildman–Crippen MR) is 55.0 cm³/mol. The molecule has 0 aromatic heterocycles. The Balaban J connectivity index is 2.19. The van der Waals surface area contributed by atoms with Crippen molar-refractivity contribution in [3.05, 3.63) is 34.1 Å². The van der Waals surface area contributed by atoms with Gasteiger partial charge in [0.15, 0.2) is 0 Å². The molecule has 2 nitrogen and oxygen atoms in total. The average molecular weight is 294 g/mol. The smallest absolute Gasteiger partial charge is 0.282 e. The second-order valence-corrected chi connectivity index (χ2v) is 4.50. The average Bonchev–Trinajstić information content (AvgIpc) is 2.17. The Hall–Kier alpha value is -1.04. The highest BCUT2D eigenvalue weighted by Crippen LogP contribution is 2.29. The van der Waals surface area contributed by atoms with E-state index in [0.29, 0.717) is 4.47 Å². The van der Waals surface area contributed by atoms with E-state index in [1.54, 1.807) is 0 Å². The van der Waals surface area contributed by atoms with E-state index in [-0.39, 0.29) is 5.56 Å². The Morgan fingerprint density at radius 1 is 1.38 bits per heavy atom. The highest BCUT2D eigenvalue weighted by molar-refractivity contribution is 9.10. The summed E-state index contributed by atoms with van der Waals surface area (Å²) in [4.78, 5) is 12.7. The van der Waals surface area contributed by atoms with Gasteiger partial charge in [-0.15, -0.1) is 0 Å². The van der Waals surface area contributed by atoms with Gasteiger partial charge in [-0.25, -0.2) is 13.2 Å².